The summed E-state index contributed by atoms with van der Waals surface area (Å²) in [6, 6.07) is 47.1. The van der Waals surface area contributed by atoms with E-state index in [0.717, 1.165) is 7.28 Å². The zero-order valence-electron chi connectivity index (χ0n) is 24.1. The Morgan fingerprint density at radius 1 is 0.556 bits per heavy atom. The Labute approximate surface area is 267 Å². The van der Waals surface area contributed by atoms with Crippen LogP contribution in [0.1, 0.15) is 0 Å². The lowest BCUT2D eigenvalue weighted by atomic mass is 9.59. The highest BCUT2D eigenvalue weighted by atomic mass is 32.1. The van der Waals surface area contributed by atoms with Crippen LogP contribution >= 0.6 is 22.7 Å². The summed E-state index contributed by atoms with van der Waals surface area (Å²) < 4.78 is 6.59. The van der Waals surface area contributed by atoms with Gasteiger partial charge >= 0.3 is 0 Å². The molecule has 11 rings (SSSR count). The van der Waals surface area contributed by atoms with Gasteiger partial charge in [-0.2, -0.15) is 0 Å². The van der Waals surface area contributed by atoms with E-state index in [0.29, 0.717) is 0 Å². The van der Waals surface area contributed by atoms with E-state index in [-0.39, 0.29) is 0 Å². The molecule has 0 radical (unpaired) electrons. The first-order valence-corrected chi connectivity index (χ1v) is 17.0. The lowest BCUT2D eigenvalue weighted by molar-refractivity contribution is 1.21. The third-order valence-corrected chi connectivity index (χ3v) is 12.1. The van der Waals surface area contributed by atoms with Gasteiger partial charge < -0.3 is 9.55 Å². The number of thiophene rings is 2. The molecule has 0 spiro atoms. The van der Waals surface area contributed by atoms with Crippen molar-refractivity contribution >= 4 is 103 Å². The Morgan fingerprint density at radius 3 is 2.18 bits per heavy atom. The normalized spacial score (nSPS) is 12.6. The third kappa shape index (κ3) is 3.19. The number of benzene rings is 6. The Balaban J connectivity index is 1.28. The summed E-state index contributed by atoms with van der Waals surface area (Å²) in [5.41, 5.74) is 13.0. The van der Waals surface area contributed by atoms with Gasteiger partial charge in [0.1, 0.15) is 4.83 Å². The second-order valence-electron chi connectivity index (χ2n) is 12.1. The molecule has 0 atom stereocenters. The molecular formula is C40H23BN2S2. The highest BCUT2D eigenvalue weighted by Crippen LogP contribution is 2.45. The topological polar surface area (TPSA) is 20.7 Å². The van der Waals surface area contributed by atoms with E-state index in [1.54, 1.807) is 0 Å². The summed E-state index contributed by atoms with van der Waals surface area (Å²) in [6.07, 6.45) is 0. The fraction of sp³-hybridized carbons (Fsp3) is 0. The maximum absolute atomic E-state index is 3.92. The minimum absolute atomic E-state index is 0.903. The molecule has 1 aliphatic rings. The Morgan fingerprint density at radius 2 is 1.29 bits per heavy atom. The molecule has 5 heterocycles. The first-order chi connectivity index (χ1) is 22.3. The summed E-state index contributed by atoms with van der Waals surface area (Å²) >= 11 is 3.80. The number of H-pyrrole nitrogens is 1. The number of hydrogen-bond donors (Lipinski definition) is 1. The Kier molecular flexibility index (Phi) is 4.72. The monoisotopic (exact) mass is 606 g/mol. The van der Waals surface area contributed by atoms with E-state index in [1.807, 2.05) is 22.7 Å². The molecule has 0 saturated heterocycles. The zero-order chi connectivity index (χ0) is 29.2. The Hall–Kier alpha value is -5.10. The SMILES string of the molecule is B1c2c(-c3cccc4c3[nH]c3c5ccccc5sc43)cc(-c3ccccc3)cc2-n2c3sc4ccccc4c3c3cccc1c32. The number of fused-ring (bicyclic) bond motifs is 12. The van der Waals surface area contributed by atoms with E-state index in [9.17, 15) is 0 Å². The lowest BCUT2D eigenvalue weighted by Gasteiger charge is -2.24. The summed E-state index contributed by atoms with van der Waals surface area (Å²) in [7, 11) is 0.903. The molecule has 0 aliphatic carbocycles. The average Bonchev–Trinajstić information content (AvgIpc) is 3.83. The molecule has 1 N–H and O–H groups in total. The minimum atomic E-state index is 0.903. The number of aromatic amines is 1. The van der Waals surface area contributed by atoms with Crippen molar-refractivity contribution in [1.29, 1.82) is 0 Å². The van der Waals surface area contributed by atoms with Gasteiger partial charge in [-0.3, -0.25) is 0 Å². The number of nitrogens with one attached hydrogen (secondary N) is 1. The molecule has 2 nitrogen and oxygen atoms in total. The predicted octanol–water partition coefficient (Wildman–Crippen LogP) is 9.88. The highest BCUT2D eigenvalue weighted by Gasteiger charge is 2.28. The zero-order valence-corrected chi connectivity index (χ0v) is 25.7. The van der Waals surface area contributed by atoms with Crippen LogP contribution in [-0.4, -0.2) is 16.8 Å². The van der Waals surface area contributed by atoms with Crippen molar-refractivity contribution in [2.45, 2.75) is 0 Å². The average molecular weight is 607 g/mol. The quantitative estimate of drug-likeness (QED) is 0.189. The molecule has 4 aromatic heterocycles. The van der Waals surface area contributed by atoms with Crippen molar-refractivity contribution in [3.05, 3.63) is 127 Å². The minimum Gasteiger partial charge on any atom is -0.353 e. The van der Waals surface area contributed by atoms with Crippen LogP contribution in [0.4, 0.5) is 0 Å². The second kappa shape index (κ2) is 8.75. The molecule has 0 fully saturated rings. The van der Waals surface area contributed by atoms with Crippen LogP contribution in [0, 0.1) is 0 Å². The van der Waals surface area contributed by atoms with E-state index in [2.05, 4.69) is 137 Å². The van der Waals surface area contributed by atoms with Crippen LogP contribution in [0.25, 0.3) is 90.4 Å². The standard InChI is InChI=1S/C40H23BN2S2/c1-2-10-22(11-3-1)23-20-29(24-14-8-16-28-36(24)42-37-26-13-5-7-19-33(26)44-39(28)37)35-31(21-23)43-38-27(15-9-17-30(38)41-35)34-25-12-4-6-18-32(25)45-40(34)43/h1-21,41-42H. The molecule has 10 aromatic rings. The summed E-state index contributed by atoms with van der Waals surface area (Å²) in [5, 5.41) is 6.69. The van der Waals surface area contributed by atoms with Crippen LogP contribution in [0.15, 0.2) is 127 Å². The van der Waals surface area contributed by atoms with Gasteiger partial charge in [0.25, 0.3) is 0 Å². The van der Waals surface area contributed by atoms with Gasteiger partial charge in [0, 0.05) is 53.1 Å². The molecule has 5 heteroatoms. The molecule has 0 unspecified atom stereocenters. The number of aromatic nitrogens is 2. The smallest absolute Gasteiger partial charge is 0.198 e. The molecule has 1 aliphatic heterocycles. The van der Waals surface area contributed by atoms with Crippen molar-refractivity contribution in [3.8, 4) is 27.9 Å². The lowest BCUT2D eigenvalue weighted by Crippen LogP contribution is -2.37. The van der Waals surface area contributed by atoms with Crippen molar-refractivity contribution in [2.24, 2.45) is 0 Å². The van der Waals surface area contributed by atoms with Crippen molar-refractivity contribution in [2.75, 3.05) is 0 Å². The van der Waals surface area contributed by atoms with Gasteiger partial charge in [0.15, 0.2) is 7.28 Å². The maximum atomic E-state index is 3.92. The molecular weight excluding hydrogens is 583 g/mol. The molecule has 45 heavy (non-hydrogen) atoms. The van der Waals surface area contributed by atoms with E-state index < -0.39 is 0 Å². The fourth-order valence-corrected chi connectivity index (χ4v) is 10.3. The van der Waals surface area contributed by atoms with Gasteiger partial charge in [-0.15, -0.1) is 22.7 Å². The first-order valence-electron chi connectivity index (χ1n) is 15.4. The van der Waals surface area contributed by atoms with E-state index >= 15 is 0 Å². The largest absolute Gasteiger partial charge is 0.353 e. The highest BCUT2D eigenvalue weighted by molar-refractivity contribution is 7.27. The van der Waals surface area contributed by atoms with Gasteiger partial charge in [0.2, 0.25) is 0 Å². The van der Waals surface area contributed by atoms with Gasteiger partial charge in [-0.25, -0.2) is 0 Å². The number of para-hydroxylation sites is 2. The second-order valence-corrected chi connectivity index (χ2v) is 14.2. The molecule has 0 saturated carbocycles. The number of nitrogens with zero attached hydrogens (tertiary/aromatic N) is 1. The van der Waals surface area contributed by atoms with Crippen molar-refractivity contribution in [3.63, 3.8) is 0 Å². The summed E-state index contributed by atoms with van der Waals surface area (Å²) in [4.78, 5) is 5.26. The van der Waals surface area contributed by atoms with Gasteiger partial charge in [0.05, 0.1) is 15.7 Å². The molecule has 0 bridgehead atoms. The van der Waals surface area contributed by atoms with E-state index in [1.165, 1.54) is 101 Å². The molecule has 208 valence electrons. The summed E-state index contributed by atoms with van der Waals surface area (Å²) in [5.74, 6) is 0. The van der Waals surface area contributed by atoms with Crippen molar-refractivity contribution < 1.29 is 0 Å². The van der Waals surface area contributed by atoms with Crippen LogP contribution in [0.3, 0.4) is 0 Å². The number of hydrogen-bond acceptors (Lipinski definition) is 2. The van der Waals surface area contributed by atoms with Crippen LogP contribution in [0.5, 0.6) is 0 Å². The van der Waals surface area contributed by atoms with Crippen LogP contribution in [0.2, 0.25) is 0 Å². The maximum Gasteiger partial charge on any atom is 0.198 e. The fourth-order valence-electron chi connectivity index (χ4n) is 7.84. The van der Waals surface area contributed by atoms with Crippen molar-refractivity contribution in [1.82, 2.24) is 9.55 Å². The van der Waals surface area contributed by atoms with Crippen LogP contribution in [-0.2, 0) is 0 Å². The van der Waals surface area contributed by atoms with E-state index in [4.69, 9.17) is 0 Å². The Bertz CT molecular complexity index is 2850. The van der Waals surface area contributed by atoms with Gasteiger partial charge in [-0.05, 0) is 46.4 Å². The third-order valence-electron chi connectivity index (χ3n) is 9.78. The molecule has 0 amide bonds. The first kappa shape index (κ1) is 24.3. The summed E-state index contributed by atoms with van der Waals surface area (Å²) in [6.45, 7) is 0. The van der Waals surface area contributed by atoms with Crippen LogP contribution < -0.4 is 10.9 Å². The predicted molar refractivity (Wildman–Crippen MR) is 198 cm³/mol. The molecule has 6 aromatic carbocycles. The number of rotatable bonds is 2. The van der Waals surface area contributed by atoms with Gasteiger partial charge in [-0.1, -0.05) is 109 Å².